The van der Waals surface area contributed by atoms with Crippen molar-refractivity contribution in [3.05, 3.63) is 0 Å². The maximum absolute atomic E-state index is 11.0. The van der Waals surface area contributed by atoms with Gasteiger partial charge in [0.2, 0.25) is 0 Å². The van der Waals surface area contributed by atoms with Gasteiger partial charge in [0.15, 0.2) is 0 Å². The number of rotatable bonds is 5. The molecule has 0 amide bonds. The fourth-order valence-corrected chi connectivity index (χ4v) is 2.44. The maximum Gasteiger partial charge on any atom is 0.308 e. The normalized spacial score (nSPS) is 26.2. The molecule has 0 saturated carbocycles. The van der Waals surface area contributed by atoms with Crippen LogP contribution in [0.2, 0.25) is 0 Å². The lowest BCUT2D eigenvalue weighted by Crippen LogP contribution is -2.33. The van der Waals surface area contributed by atoms with Crippen LogP contribution in [-0.4, -0.2) is 46.2 Å². The molecule has 0 aliphatic carbocycles. The Balaban J connectivity index is 2.75. The van der Waals surface area contributed by atoms with E-state index in [1.807, 2.05) is 18.7 Å². The van der Waals surface area contributed by atoms with E-state index in [2.05, 4.69) is 0 Å². The van der Waals surface area contributed by atoms with Crippen LogP contribution >= 0.6 is 0 Å². The highest BCUT2D eigenvalue weighted by molar-refractivity contribution is 5.81. The number of carboxylic acid groups (broad SMARTS) is 2. The third-order valence-corrected chi connectivity index (χ3v) is 3.44. The van der Waals surface area contributed by atoms with Crippen LogP contribution in [0.1, 0.15) is 26.7 Å². The summed E-state index contributed by atoms with van der Waals surface area (Å²) in [5.41, 5.74) is 0. The zero-order chi connectivity index (χ0) is 12.3. The van der Waals surface area contributed by atoms with Gasteiger partial charge in [0, 0.05) is 19.1 Å². The van der Waals surface area contributed by atoms with Gasteiger partial charge in [-0.3, -0.25) is 14.5 Å². The minimum atomic E-state index is -0.999. The lowest BCUT2D eigenvalue weighted by atomic mass is 9.97. The van der Waals surface area contributed by atoms with Gasteiger partial charge < -0.3 is 10.2 Å². The van der Waals surface area contributed by atoms with Crippen LogP contribution in [0.15, 0.2) is 0 Å². The molecule has 0 radical (unpaired) electrons. The summed E-state index contributed by atoms with van der Waals surface area (Å²) in [6.45, 7) is 4.80. The standard InChI is InChI=1S/C11H19NO4/c1-3-7(4-2)12-5-8(10(13)14)9(6-12)11(15)16/h7-9H,3-6H2,1-2H3,(H,13,14)(H,15,16). The molecule has 1 rings (SSSR count). The average Bonchev–Trinajstić information content (AvgIpc) is 2.64. The summed E-state index contributed by atoms with van der Waals surface area (Å²) in [4.78, 5) is 23.9. The second-order valence-electron chi connectivity index (χ2n) is 4.31. The zero-order valence-corrected chi connectivity index (χ0v) is 9.72. The molecule has 1 aliphatic heterocycles. The minimum Gasteiger partial charge on any atom is -0.481 e. The summed E-state index contributed by atoms with van der Waals surface area (Å²) in [7, 11) is 0. The molecule has 0 aromatic carbocycles. The Bertz CT molecular complexity index is 253. The third-order valence-electron chi connectivity index (χ3n) is 3.44. The van der Waals surface area contributed by atoms with E-state index in [1.165, 1.54) is 0 Å². The molecule has 1 aliphatic rings. The molecule has 1 fully saturated rings. The molecule has 1 saturated heterocycles. The van der Waals surface area contributed by atoms with Gasteiger partial charge in [0.25, 0.3) is 0 Å². The van der Waals surface area contributed by atoms with Gasteiger partial charge in [-0.25, -0.2) is 0 Å². The first-order chi connectivity index (χ1) is 7.51. The number of nitrogens with zero attached hydrogens (tertiary/aromatic N) is 1. The smallest absolute Gasteiger partial charge is 0.308 e. The summed E-state index contributed by atoms with van der Waals surface area (Å²) in [5, 5.41) is 18.0. The minimum absolute atomic E-state index is 0.297. The number of carboxylic acids is 2. The molecular weight excluding hydrogens is 210 g/mol. The Morgan fingerprint density at radius 2 is 1.50 bits per heavy atom. The molecule has 2 N–H and O–H groups in total. The van der Waals surface area contributed by atoms with Crippen molar-refractivity contribution in [2.24, 2.45) is 11.8 Å². The van der Waals surface area contributed by atoms with Crippen LogP contribution in [-0.2, 0) is 9.59 Å². The van der Waals surface area contributed by atoms with E-state index in [9.17, 15) is 9.59 Å². The Morgan fingerprint density at radius 3 is 1.75 bits per heavy atom. The van der Waals surface area contributed by atoms with Crippen LogP contribution in [0.3, 0.4) is 0 Å². The Kier molecular flexibility index (Phi) is 4.29. The van der Waals surface area contributed by atoms with E-state index in [-0.39, 0.29) is 0 Å². The van der Waals surface area contributed by atoms with Crippen LogP contribution in [0.25, 0.3) is 0 Å². The Labute approximate surface area is 95.1 Å². The quantitative estimate of drug-likeness (QED) is 0.732. The number of hydrogen-bond acceptors (Lipinski definition) is 3. The highest BCUT2D eigenvalue weighted by Crippen LogP contribution is 2.27. The molecule has 0 aromatic heterocycles. The SMILES string of the molecule is CCC(CC)N1CC(C(=O)O)C(C(=O)O)C1. The number of aliphatic carboxylic acids is 2. The molecule has 92 valence electrons. The van der Waals surface area contributed by atoms with Gasteiger partial charge in [-0.15, -0.1) is 0 Å². The highest BCUT2D eigenvalue weighted by Gasteiger charge is 2.43. The van der Waals surface area contributed by atoms with Crippen molar-refractivity contribution >= 4 is 11.9 Å². The van der Waals surface area contributed by atoms with Crippen LogP contribution < -0.4 is 0 Å². The molecule has 2 unspecified atom stereocenters. The van der Waals surface area contributed by atoms with Crippen molar-refractivity contribution < 1.29 is 19.8 Å². The molecule has 16 heavy (non-hydrogen) atoms. The fourth-order valence-electron chi connectivity index (χ4n) is 2.44. The maximum atomic E-state index is 11.0. The highest BCUT2D eigenvalue weighted by atomic mass is 16.4. The molecule has 0 spiro atoms. The average molecular weight is 229 g/mol. The number of likely N-dealkylation sites (tertiary alicyclic amines) is 1. The van der Waals surface area contributed by atoms with Gasteiger partial charge in [-0.1, -0.05) is 13.8 Å². The van der Waals surface area contributed by atoms with Crippen LogP contribution in [0, 0.1) is 11.8 Å². The van der Waals surface area contributed by atoms with Crippen molar-refractivity contribution in [1.82, 2.24) is 4.90 Å². The summed E-state index contributed by atoms with van der Waals surface area (Å²) in [6, 6.07) is 0.297. The molecule has 0 aromatic rings. The molecule has 1 heterocycles. The van der Waals surface area contributed by atoms with E-state index < -0.39 is 23.8 Å². The first-order valence-corrected chi connectivity index (χ1v) is 5.70. The van der Waals surface area contributed by atoms with E-state index >= 15 is 0 Å². The molecule has 5 nitrogen and oxygen atoms in total. The summed E-state index contributed by atoms with van der Waals surface area (Å²) < 4.78 is 0. The zero-order valence-electron chi connectivity index (χ0n) is 9.72. The van der Waals surface area contributed by atoms with E-state index in [1.54, 1.807) is 0 Å². The topological polar surface area (TPSA) is 77.8 Å². The van der Waals surface area contributed by atoms with Crippen molar-refractivity contribution in [1.29, 1.82) is 0 Å². The lowest BCUT2D eigenvalue weighted by molar-refractivity contribution is -0.151. The fraction of sp³-hybridized carbons (Fsp3) is 0.818. The third kappa shape index (κ3) is 2.52. The van der Waals surface area contributed by atoms with Gasteiger partial charge in [-0.05, 0) is 12.8 Å². The summed E-state index contributed by atoms with van der Waals surface area (Å²) >= 11 is 0. The summed E-state index contributed by atoms with van der Waals surface area (Å²) in [5.74, 6) is -3.53. The van der Waals surface area contributed by atoms with Gasteiger partial charge in [0.1, 0.15) is 0 Å². The second-order valence-corrected chi connectivity index (χ2v) is 4.31. The first-order valence-electron chi connectivity index (χ1n) is 5.70. The predicted octanol–water partition coefficient (Wildman–Crippen LogP) is 0.892. The van der Waals surface area contributed by atoms with Crippen LogP contribution in [0.4, 0.5) is 0 Å². The Morgan fingerprint density at radius 1 is 1.12 bits per heavy atom. The van der Waals surface area contributed by atoms with Crippen molar-refractivity contribution in [3.63, 3.8) is 0 Å². The Hall–Kier alpha value is -1.10. The largest absolute Gasteiger partial charge is 0.481 e. The van der Waals surface area contributed by atoms with Gasteiger partial charge >= 0.3 is 11.9 Å². The van der Waals surface area contributed by atoms with Crippen molar-refractivity contribution in [3.8, 4) is 0 Å². The monoisotopic (exact) mass is 229 g/mol. The number of carbonyl (C=O) groups is 2. The van der Waals surface area contributed by atoms with E-state index in [4.69, 9.17) is 10.2 Å². The molecule has 5 heteroatoms. The van der Waals surface area contributed by atoms with Crippen molar-refractivity contribution in [2.45, 2.75) is 32.7 Å². The number of hydrogen-bond donors (Lipinski definition) is 2. The second kappa shape index (κ2) is 5.30. The predicted molar refractivity (Wildman–Crippen MR) is 58.2 cm³/mol. The van der Waals surface area contributed by atoms with Gasteiger partial charge in [-0.2, -0.15) is 0 Å². The van der Waals surface area contributed by atoms with Crippen LogP contribution in [0.5, 0.6) is 0 Å². The molecule has 2 atom stereocenters. The lowest BCUT2D eigenvalue weighted by Gasteiger charge is -2.25. The summed E-state index contributed by atoms with van der Waals surface area (Å²) in [6.07, 6.45) is 1.85. The molecule has 0 bridgehead atoms. The van der Waals surface area contributed by atoms with Crippen molar-refractivity contribution in [2.75, 3.05) is 13.1 Å². The van der Waals surface area contributed by atoms with E-state index in [0.717, 1.165) is 12.8 Å². The first kappa shape index (κ1) is 13.0. The van der Waals surface area contributed by atoms with Gasteiger partial charge in [0.05, 0.1) is 11.8 Å². The van der Waals surface area contributed by atoms with E-state index in [0.29, 0.717) is 19.1 Å². The molecular formula is C11H19NO4.